The monoisotopic (exact) mass is 251 g/mol. The van der Waals surface area contributed by atoms with Crippen molar-refractivity contribution in [3.8, 4) is 5.75 Å². The molecule has 0 aliphatic carbocycles. The molecule has 0 radical (unpaired) electrons. The van der Waals surface area contributed by atoms with Gasteiger partial charge in [0.05, 0.1) is 19.3 Å². The van der Waals surface area contributed by atoms with Crippen LogP contribution in [0.5, 0.6) is 5.75 Å². The maximum Gasteiger partial charge on any atom is 0.176 e. The summed E-state index contributed by atoms with van der Waals surface area (Å²) in [6, 6.07) is 6.32. The summed E-state index contributed by atoms with van der Waals surface area (Å²) >= 11 is 0. The zero-order valence-corrected chi connectivity index (χ0v) is 11.2. The first-order valence-corrected chi connectivity index (χ1v) is 6.11. The van der Waals surface area contributed by atoms with Crippen molar-refractivity contribution in [2.24, 2.45) is 0 Å². The van der Waals surface area contributed by atoms with Gasteiger partial charge in [-0.3, -0.25) is 9.69 Å². The quantitative estimate of drug-likeness (QED) is 0.752. The normalized spacial score (nSPS) is 11.2. The van der Waals surface area contributed by atoms with Crippen LogP contribution in [-0.4, -0.2) is 48.6 Å². The number of phenolic OH excluding ortho intramolecular Hbond substituents is 1. The number of ether oxygens (including phenoxy) is 1. The number of hydrogen-bond donors (Lipinski definition) is 1. The number of carbonyl (C=O) groups is 1. The number of hydrogen-bond acceptors (Lipinski definition) is 4. The van der Waals surface area contributed by atoms with Crippen LogP contribution in [0, 0.1) is 0 Å². The lowest BCUT2D eigenvalue weighted by Crippen LogP contribution is -2.29. The summed E-state index contributed by atoms with van der Waals surface area (Å²) in [6.45, 7) is 5.68. The average Bonchev–Trinajstić information content (AvgIpc) is 2.29. The van der Waals surface area contributed by atoms with E-state index in [1.54, 1.807) is 12.1 Å². The zero-order valence-electron chi connectivity index (χ0n) is 11.2. The highest BCUT2D eigenvalue weighted by molar-refractivity contribution is 5.97. The fourth-order valence-corrected chi connectivity index (χ4v) is 1.51. The van der Waals surface area contributed by atoms with Crippen molar-refractivity contribution < 1.29 is 14.6 Å². The van der Waals surface area contributed by atoms with Gasteiger partial charge in [-0.25, -0.2) is 0 Å². The molecule has 4 nitrogen and oxygen atoms in total. The van der Waals surface area contributed by atoms with Crippen molar-refractivity contribution in [2.45, 2.75) is 20.0 Å². The van der Waals surface area contributed by atoms with E-state index < -0.39 is 0 Å². The molecule has 0 saturated carbocycles. The van der Waals surface area contributed by atoms with Gasteiger partial charge in [0.15, 0.2) is 5.78 Å². The fraction of sp³-hybridized carbons (Fsp3) is 0.500. The smallest absolute Gasteiger partial charge is 0.176 e. The summed E-state index contributed by atoms with van der Waals surface area (Å²) in [4.78, 5) is 13.8. The Labute approximate surface area is 108 Å². The number of benzene rings is 1. The number of Topliss-reactive ketones (excluding diaryl/α,β-unsaturated/α-hetero) is 1. The molecule has 0 atom stereocenters. The number of phenols is 1. The Kier molecular flexibility index (Phi) is 5.82. The predicted octanol–water partition coefficient (Wildman–Crippen LogP) is 1.93. The first-order chi connectivity index (χ1) is 8.49. The summed E-state index contributed by atoms with van der Waals surface area (Å²) in [7, 11) is 1.89. The molecule has 0 fully saturated rings. The molecule has 0 unspecified atom stereocenters. The van der Waals surface area contributed by atoms with Gasteiger partial charge < -0.3 is 9.84 Å². The summed E-state index contributed by atoms with van der Waals surface area (Å²) < 4.78 is 5.43. The second-order valence-corrected chi connectivity index (χ2v) is 4.63. The SMILES string of the molecule is CC(C)OCCN(C)CC(=O)c1ccc(O)cc1. The Balaban J connectivity index is 2.37. The van der Waals surface area contributed by atoms with Crippen LogP contribution in [0.25, 0.3) is 0 Å². The molecule has 18 heavy (non-hydrogen) atoms. The number of nitrogens with zero attached hydrogens (tertiary/aromatic N) is 1. The Morgan fingerprint density at radius 3 is 2.50 bits per heavy atom. The van der Waals surface area contributed by atoms with Gasteiger partial charge in [-0.2, -0.15) is 0 Å². The average molecular weight is 251 g/mol. The lowest BCUT2D eigenvalue weighted by Gasteiger charge is -2.16. The minimum atomic E-state index is 0.0436. The van der Waals surface area contributed by atoms with Gasteiger partial charge in [-0.15, -0.1) is 0 Å². The van der Waals surface area contributed by atoms with Crippen molar-refractivity contribution in [1.29, 1.82) is 0 Å². The van der Waals surface area contributed by atoms with E-state index in [0.717, 1.165) is 6.54 Å². The second-order valence-electron chi connectivity index (χ2n) is 4.63. The van der Waals surface area contributed by atoms with Gasteiger partial charge in [-0.05, 0) is 45.2 Å². The van der Waals surface area contributed by atoms with Crippen LogP contribution in [0.1, 0.15) is 24.2 Å². The van der Waals surface area contributed by atoms with Gasteiger partial charge in [0.25, 0.3) is 0 Å². The Hall–Kier alpha value is -1.39. The van der Waals surface area contributed by atoms with Crippen molar-refractivity contribution in [1.82, 2.24) is 4.90 Å². The van der Waals surface area contributed by atoms with Gasteiger partial charge >= 0.3 is 0 Å². The standard InChI is InChI=1S/C14H21NO3/c1-11(2)18-9-8-15(3)10-14(17)12-4-6-13(16)7-5-12/h4-7,11,16H,8-10H2,1-3H3. The number of aromatic hydroxyl groups is 1. The number of likely N-dealkylation sites (N-methyl/N-ethyl adjacent to an activating group) is 1. The maximum atomic E-state index is 11.9. The highest BCUT2D eigenvalue weighted by atomic mass is 16.5. The summed E-state index contributed by atoms with van der Waals surface area (Å²) in [6.07, 6.45) is 0.214. The van der Waals surface area contributed by atoms with E-state index in [2.05, 4.69) is 0 Å². The molecule has 0 spiro atoms. The van der Waals surface area contributed by atoms with Gasteiger partial charge in [0, 0.05) is 12.1 Å². The Morgan fingerprint density at radius 1 is 1.33 bits per heavy atom. The fourth-order valence-electron chi connectivity index (χ4n) is 1.51. The summed E-state index contributed by atoms with van der Waals surface area (Å²) in [5.74, 6) is 0.215. The maximum absolute atomic E-state index is 11.9. The van der Waals surface area contributed by atoms with E-state index in [9.17, 15) is 4.79 Å². The first-order valence-electron chi connectivity index (χ1n) is 6.11. The van der Waals surface area contributed by atoms with Crippen molar-refractivity contribution in [3.63, 3.8) is 0 Å². The van der Waals surface area contributed by atoms with E-state index in [1.165, 1.54) is 12.1 Å². The third kappa shape index (κ3) is 5.29. The molecule has 4 heteroatoms. The van der Waals surface area contributed by atoms with Crippen LogP contribution < -0.4 is 0 Å². The highest BCUT2D eigenvalue weighted by Gasteiger charge is 2.09. The van der Waals surface area contributed by atoms with E-state index >= 15 is 0 Å². The molecule has 1 aromatic carbocycles. The third-order valence-electron chi connectivity index (χ3n) is 2.53. The van der Waals surface area contributed by atoms with Crippen molar-refractivity contribution in [3.05, 3.63) is 29.8 Å². The van der Waals surface area contributed by atoms with E-state index in [-0.39, 0.29) is 17.6 Å². The van der Waals surface area contributed by atoms with Gasteiger partial charge in [0.2, 0.25) is 0 Å². The van der Waals surface area contributed by atoms with Crippen LogP contribution in [0.2, 0.25) is 0 Å². The van der Waals surface area contributed by atoms with Crippen LogP contribution >= 0.6 is 0 Å². The lowest BCUT2D eigenvalue weighted by molar-refractivity contribution is 0.0619. The summed E-state index contributed by atoms with van der Waals surface area (Å²) in [5, 5.41) is 9.15. The molecular formula is C14H21NO3. The molecule has 0 heterocycles. The van der Waals surface area contributed by atoms with Crippen molar-refractivity contribution >= 4 is 5.78 Å². The van der Waals surface area contributed by atoms with Crippen LogP contribution in [0.3, 0.4) is 0 Å². The molecule has 0 saturated heterocycles. The highest BCUT2D eigenvalue weighted by Crippen LogP contribution is 2.10. The van der Waals surface area contributed by atoms with E-state index in [1.807, 2.05) is 25.8 Å². The third-order valence-corrected chi connectivity index (χ3v) is 2.53. The number of rotatable bonds is 7. The number of carbonyl (C=O) groups excluding carboxylic acids is 1. The van der Waals surface area contributed by atoms with Crippen LogP contribution in [0.4, 0.5) is 0 Å². The zero-order chi connectivity index (χ0) is 13.5. The van der Waals surface area contributed by atoms with E-state index in [4.69, 9.17) is 9.84 Å². The topological polar surface area (TPSA) is 49.8 Å². The minimum Gasteiger partial charge on any atom is -0.508 e. The summed E-state index contributed by atoms with van der Waals surface area (Å²) in [5.41, 5.74) is 0.615. The minimum absolute atomic E-state index is 0.0436. The van der Waals surface area contributed by atoms with Gasteiger partial charge in [0.1, 0.15) is 5.75 Å². The first kappa shape index (κ1) is 14.7. The Morgan fingerprint density at radius 2 is 1.94 bits per heavy atom. The van der Waals surface area contributed by atoms with Crippen molar-refractivity contribution in [2.75, 3.05) is 26.7 Å². The molecule has 0 aromatic heterocycles. The van der Waals surface area contributed by atoms with Crippen LogP contribution in [-0.2, 0) is 4.74 Å². The number of ketones is 1. The van der Waals surface area contributed by atoms with Gasteiger partial charge in [-0.1, -0.05) is 0 Å². The Bertz CT molecular complexity index is 373. The molecule has 1 aromatic rings. The molecule has 100 valence electrons. The second kappa shape index (κ2) is 7.13. The molecule has 0 aliphatic heterocycles. The van der Waals surface area contributed by atoms with Crippen LogP contribution in [0.15, 0.2) is 24.3 Å². The lowest BCUT2D eigenvalue weighted by atomic mass is 10.1. The molecule has 0 aliphatic rings. The molecule has 0 amide bonds. The molecule has 1 N–H and O–H groups in total. The molecular weight excluding hydrogens is 230 g/mol. The van der Waals surface area contributed by atoms with E-state index in [0.29, 0.717) is 18.7 Å². The molecule has 1 rings (SSSR count). The largest absolute Gasteiger partial charge is 0.508 e. The predicted molar refractivity (Wildman–Crippen MR) is 71.0 cm³/mol. The molecule has 0 bridgehead atoms.